The van der Waals surface area contributed by atoms with Gasteiger partial charge in [0.1, 0.15) is 0 Å². The second kappa shape index (κ2) is 8.23. The number of carbonyl (C=O) groups is 2. The number of benzene rings is 1. The molecule has 0 saturated heterocycles. The normalized spacial score (nSPS) is 16.9. The van der Waals surface area contributed by atoms with Crippen LogP contribution in [0.4, 0.5) is 0 Å². The molecule has 1 aliphatic carbocycles. The Hall–Kier alpha value is -2.24. The van der Waals surface area contributed by atoms with E-state index in [0.717, 1.165) is 6.42 Å². The largest absolute Gasteiger partial charge is 0.396 e. The molecular weight excluding hydrogens is 318 g/mol. The third-order valence-electron chi connectivity index (χ3n) is 4.58. The molecule has 25 heavy (non-hydrogen) atoms. The number of Topliss-reactive ketones (excluding diaryl/α,β-unsaturated/α-hetero) is 1. The van der Waals surface area contributed by atoms with Crippen molar-refractivity contribution in [3.63, 3.8) is 0 Å². The summed E-state index contributed by atoms with van der Waals surface area (Å²) in [6, 6.07) is 5.03. The van der Waals surface area contributed by atoms with Crippen molar-refractivity contribution in [2.75, 3.05) is 6.61 Å². The molecule has 0 bridgehead atoms. The summed E-state index contributed by atoms with van der Waals surface area (Å²) < 4.78 is 0. The molecule has 1 atom stereocenters. The first-order valence-electron chi connectivity index (χ1n) is 8.51. The molecule has 1 aliphatic rings. The maximum absolute atomic E-state index is 12.7. The maximum Gasteiger partial charge on any atom is 0.282 e. The van der Waals surface area contributed by atoms with E-state index in [1.54, 1.807) is 31.2 Å². The van der Waals surface area contributed by atoms with Gasteiger partial charge < -0.3 is 5.11 Å². The fourth-order valence-corrected chi connectivity index (χ4v) is 3.21. The van der Waals surface area contributed by atoms with Crippen LogP contribution >= 0.6 is 0 Å². The number of aliphatic hydroxyl groups excluding tert-OH is 1. The van der Waals surface area contributed by atoms with Crippen molar-refractivity contribution in [3.8, 4) is 0 Å². The van der Waals surface area contributed by atoms with Crippen molar-refractivity contribution in [1.29, 1.82) is 0 Å². The van der Waals surface area contributed by atoms with Gasteiger partial charge in [-0.1, -0.05) is 30.7 Å². The smallest absolute Gasteiger partial charge is 0.282 e. The number of rotatable bonds is 6. The van der Waals surface area contributed by atoms with E-state index in [2.05, 4.69) is 0 Å². The van der Waals surface area contributed by atoms with Gasteiger partial charge in [-0.15, -0.1) is 0 Å². The summed E-state index contributed by atoms with van der Waals surface area (Å²) in [4.78, 5) is 24.6. The number of nitrogens with zero attached hydrogens (tertiary/aromatic N) is 1. The minimum atomic E-state index is -0.598. The van der Waals surface area contributed by atoms with Crippen LogP contribution in [0.15, 0.2) is 41.6 Å². The van der Waals surface area contributed by atoms with Crippen LogP contribution in [0.2, 0.25) is 0 Å². The highest BCUT2D eigenvalue weighted by molar-refractivity contribution is 6.08. The number of carbonyl (C=O) groups excluding carboxylic acids is 2. The van der Waals surface area contributed by atoms with Crippen LogP contribution in [0.5, 0.6) is 0 Å². The number of hydrogen-bond acceptors (Lipinski definition) is 4. The standard InChI is InChI=1S/C20H25NO4/c1-13-6-4-8-18(19(13)15(3)23)20(24)21(25)17-10-9-16(7-5-11-22)14(2)12-17/h4,6,8-10,14,22,25H,5,7,11-12H2,1-3H3. The van der Waals surface area contributed by atoms with Gasteiger partial charge >= 0.3 is 0 Å². The second-order valence-corrected chi connectivity index (χ2v) is 6.50. The zero-order valence-electron chi connectivity index (χ0n) is 15.0. The molecule has 1 aromatic rings. The molecule has 0 fully saturated rings. The lowest BCUT2D eigenvalue weighted by Crippen LogP contribution is -2.30. The minimum absolute atomic E-state index is 0.145. The number of ketones is 1. The molecule has 134 valence electrons. The topological polar surface area (TPSA) is 77.8 Å². The van der Waals surface area contributed by atoms with Crippen molar-refractivity contribution >= 4 is 11.7 Å². The monoisotopic (exact) mass is 343 g/mol. The summed E-state index contributed by atoms with van der Waals surface area (Å²) in [5.74, 6) is -0.620. The van der Waals surface area contributed by atoms with Gasteiger partial charge in [0.05, 0.1) is 11.3 Å². The second-order valence-electron chi connectivity index (χ2n) is 6.50. The lowest BCUT2D eigenvalue weighted by molar-refractivity contribution is -0.0344. The summed E-state index contributed by atoms with van der Waals surface area (Å²) >= 11 is 0. The predicted molar refractivity (Wildman–Crippen MR) is 95.4 cm³/mol. The zero-order chi connectivity index (χ0) is 18.6. The zero-order valence-corrected chi connectivity index (χ0v) is 15.0. The molecule has 1 amide bonds. The maximum atomic E-state index is 12.7. The van der Waals surface area contributed by atoms with Crippen LogP contribution in [-0.4, -0.2) is 33.7 Å². The molecule has 0 spiro atoms. The summed E-state index contributed by atoms with van der Waals surface area (Å²) in [5, 5.41) is 20.0. The van der Waals surface area contributed by atoms with E-state index in [1.165, 1.54) is 12.5 Å². The number of hydroxylamine groups is 2. The van der Waals surface area contributed by atoms with Crippen LogP contribution < -0.4 is 0 Å². The van der Waals surface area contributed by atoms with E-state index in [-0.39, 0.29) is 23.9 Å². The van der Waals surface area contributed by atoms with E-state index in [0.29, 0.717) is 34.7 Å². The third kappa shape index (κ3) is 4.24. The Balaban J connectivity index is 2.27. The van der Waals surface area contributed by atoms with Crippen LogP contribution in [0.1, 0.15) is 59.4 Å². The van der Waals surface area contributed by atoms with Gasteiger partial charge in [0.15, 0.2) is 5.78 Å². The van der Waals surface area contributed by atoms with E-state index < -0.39 is 5.91 Å². The van der Waals surface area contributed by atoms with Crippen LogP contribution in [0.25, 0.3) is 0 Å². The lowest BCUT2D eigenvalue weighted by atomic mass is 9.88. The van der Waals surface area contributed by atoms with E-state index in [4.69, 9.17) is 5.11 Å². The Labute approximate surface area is 148 Å². The van der Waals surface area contributed by atoms with Crippen LogP contribution in [0.3, 0.4) is 0 Å². The molecule has 5 nitrogen and oxygen atoms in total. The summed E-state index contributed by atoms with van der Waals surface area (Å²) in [5.41, 5.74) is 2.96. The fourth-order valence-electron chi connectivity index (χ4n) is 3.21. The van der Waals surface area contributed by atoms with Gasteiger partial charge in [-0.2, -0.15) is 5.06 Å². The molecule has 0 aromatic heterocycles. The van der Waals surface area contributed by atoms with Gasteiger partial charge in [0.25, 0.3) is 5.91 Å². The molecule has 0 aliphatic heterocycles. The van der Waals surface area contributed by atoms with Crippen molar-refractivity contribution in [2.45, 2.75) is 40.0 Å². The third-order valence-corrected chi connectivity index (χ3v) is 4.58. The quantitative estimate of drug-likeness (QED) is 0.469. The first-order chi connectivity index (χ1) is 11.9. The van der Waals surface area contributed by atoms with Crippen LogP contribution in [-0.2, 0) is 0 Å². The van der Waals surface area contributed by atoms with Crippen LogP contribution in [0, 0.1) is 12.8 Å². The SMILES string of the molecule is CC(=O)c1c(C)cccc1C(=O)N(O)C1=CC=C(CCCO)C(C)C1. The summed E-state index contributed by atoms with van der Waals surface area (Å²) in [6.07, 6.45) is 5.66. The fraction of sp³-hybridized carbons (Fsp3) is 0.400. The Kier molecular flexibility index (Phi) is 6.28. The number of aryl methyl sites for hydroxylation is 1. The van der Waals surface area contributed by atoms with Crippen molar-refractivity contribution < 1.29 is 19.9 Å². The molecule has 0 heterocycles. The summed E-state index contributed by atoms with van der Waals surface area (Å²) in [6.45, 7) is 5.36. The Morgan fingerprint density at radius 3 is 2.60 bits per heavy atom. The molecule has 1 aromatic carbocycles. The van der Waals surface area contributed by atoms with Gasteiger partial charge in [0, 0.05) is 12.2 Å². The van der Waals surface area contributed by atoms with E-state index in [9.17, 15) is 14.8 Å². The first kappa shape index (κ1) is 19.1. The highest BCUT2D eigenvalue weighted by Gasteiger charge is 2.26. The predicted octanol–water partition coefficient (Wildman–Crippen LogP) is 3.65. The molecule has 0 radical (unpaired) electrons. The lowest BCUT2D eigenvalue weighted by Gasteiger charge is -2.26. The van der Waals surface area contributed by atoms with E-state index >= 15 is 0 Å². The molecule has 0 saturated carbocycles. The number of aliphatic hydroxyl groups is 1. The minimum Gasteiger partial charge on any atom is -0.396 e. The molecule has 1 unspecified atom stereocenters. The Morgan fingerprint density at radius 2 is 2.00 bits per heavy atom. The van der Waals surface area contributed by atoms with Gasteiger partial charge in [0.2, 0.25) is 0 Å². The average Bonchev–Trinajstić information content (AvgIpc) is 2.58. The highest BCUT2D eigenvalue weighted by atomic mass is 16.5. The summed E-state index contributed by atoms with van der Waals surface area (Å²) in [7, 11) is 0. The van der Waals surface area contributed by atoms with Crippen molar-refractivity contribution in [1.82, 2.24) is 5.06 Å². The Morgan fingerprint density at radius 1 is 1.28 bits per heavy atom. The molecule has 5 heteroatoms. The number of allylic oxidation sites excluding steroid dienone is 4. The molecule has 2 N–H and O–H groups in total. The molecule has 2 rings (SSSR count). The Bertz CT molecular complexity index is 733. The first-order valence-corrected chi connectivity index (χ1v) is 8.51. The number of hydrogen-bond donors (Lipinski definition) is 2. The average molecular weight is 343 g/mol. The van der Waals surface area contributed by atoms with Crippen molar-refractivity contribution in [3.05, 3.63) is 58.3 Å². The van der Waals surface area contributed by atoms with E-state index in [1.807, 2.05) is 13.0 Å². The highest BCUT2D eigenvalue weighted by Crippen LogP contribution is 2.30. The van der Waals surface area contributed by atoms with Gasteiger partial charge in [-0.25, -0.2) is 0 Å². The van der Waals surface area contributed by atoms with Gasteiger partial charge in [-0.05, 0) is 56.7 Å². The van der Waals surface area contributed by atoms with Gasteiger partial charge in [-0.3, -0.25) is 14.8 Å². The molecular formula is C20H25NO4. The number of amides is 1. The van der Waals surface area contributed by atoms with Crippen molar-refractivity contribution in [2.24, 2.45) is 5.92 Å².